The molecule has 2 N–H and O–H groups in total. The van der Waals surface area contributed by atoms with E-state index in [1.165, 1.54) is 12.8 Å². The van der Waals surface area contributed by atoms with Crippen LogP contribution in [0.3, 0.4) is 0 Å². The topological polar surface area (TPSA) is 44.4 Å². The molecule has 2 fully saturated rings. The number of nitrogens with one attached hydrogen (secondary N) is 2. The van der Waals surface area contributed by atoms with E-state index in [1.54, 1.807) is 0 Å². The number of rotatable bonds is 3. The molecule has 3 rings (SSSR count). The summed E-state index contributed by atoms with van der Waals surface area (Å²) >= 11 is 0. The van der Waals surface area contributed by atoms with E-state index >= 15 is 0 Å². The van der Waals surface area contributed by atoms with E-state index in [0.717, 1.165) is 43.9 Å². The molecule has 2 aliphatic rings. The van der Waals surface area contributed by atoms with E-state index < -0.39 is 0 Å². The zero-order chi connectivity index (χ0) is 14.7. The number of hydrogen-bond acceptors (Lipinski definition) is 3. The second-order valence-electron chi connectivity index (χ2n) is 6.25. The van der Waals surface area contributed by atoms with Gasteiger partial charge in [0.1, 0.15) is 0 Å². The molecular weight excluding hydrogens is 262 g/mol. The average molecular weight is 287 g/mol. The molecule has 0 aliphatic carbocycles. The predicted octanol–water partition coefficient (Wildman–Crippen LogP) is 2.61. The van der Waals surface area contributed by atoms with Gasteiger partial charge in [-0.05, 0) is 50.3 Å². The minimum absolute atomic E-state index is 0.0645. The lowest BCUT2D eigenvalue weighted by Gasteiger charge is -2.29. The molecule has 2 unspecified atom stereocenters. The van der Waals surface area contributed by atoms with Crippen molar-refractivity contribution in [1.82, 2.24) is 5.32 Å². The van der Waals surface area contributed by atoms with Crippen LogP contribution in [-0.2, 0) is 4.79 Å². The van der Waals surface area contributed by atoms with Crippen LogP contribution in [0.2, 0.25) is 0 Å². The number of para-hydroxylation sites is 2. The number of benzene rings is 1. The standard InChI is InChI=1S/C17H25N3O/c1-13-7-6-10-18-16(13)17(21)19-14-8-2-3-9-15(14)20-11-4-5-12-20/h2-3,8-9,13,16,18H,4-7,10-12H2,1H3,(H,19,21). The Morgan fingerprint density at radius 2 is 2.00 bits per heavy atom. The van der Waals surface area contributed by atoms with Gasteiger partial charge >= 0.3 is 0 Å². The molecule has 0 saturated carbocycles. The van der Waals surface area contributed by atoms with Crippen molar-refractivity contribution in [3.63, 3.8) is 0 Å². The van der Waals surface area contributed by atoms with Crippen molar-refractivity contribution in [3.8, 4) is 0 Å². The Kier molecular flexibility index (Phi) is 4.44. The normalized spacial score (nSPS) is 25.9. The molecule has 2 atom stereocenters. The largest absolute Gasteiger partial charge is 0.370 e. The van der Waals surface area contributed by atoms with E-state index in [-0.39, 0.29) is 11.9 Å². The molecule has 114 valence electrons. The van der Waals surface area contributed by atoms with E-state index in [1.807, 2.05) is 18.2 Å². The molecule has 0 radical (unpaired) electrons. The van der Waals surface area contributed by atoms with Crippen molar-refractivity contribution in [1.29, 1.82) is 0 Å². The van der Waals surface area contributed by atoms with Gasteiger partial charge in [-0.25, -0.2) is 0 Å². The number of anilines is 2. The van der Waals surface area contributed by atoms with Gasteiger partial charge in [0.2, 0.25) is 5.91 Å². The van der Waals surface area contributed by atoms with Gasteiger partial charge < -0.3 is 15.5 Å². The quantitative estimate of drug-likeness (QED) is 0.898. The monoisotopic (exact) mass is 287 g/mol. The van der Waals surface area contributed by atoms with Crippen LogP contribution < -0.4 is 15.5 Å². The Bertz CT molecular complexity index is 497. The fourth-order valence-electron chi connectivity index (χ4n) is 3.42. The summed E-state index contributed by atoms with van der Waals surface area (Å²) in [6.07, 6.45) is 4.77. The zero-order valence-electron chi connectivity index (χ0n) is 12.8. The van der Waals surface area contributed by atoms with Crippen LogP contribution >= 0.6 is 0 Å². The minimum Gasteiger partial charge on any atom is -0.370 e. The second-order valence-corrected chi connectivity index (χ2v) is 6.25. The SMILES string of the molecule is CC1CCCNC1C(=O)Nc1ccccc1N1CCCC1. The van der Waals surface area contributed by atoms with Gasteiger partial charge in [-0.15, -0.1) is 0 Å². The summed E-state index contributed by atoms with van der Waals surface area (Å²) < 4.78 is 0. The first-order chi connectivity index (χ1) is 10.3. The first-order valence-corrected chi connectivity index (χ1v) is 8.14. The first-order valence-electron chi connectivity index (χ1n) is 8.14. The van der Waals surface area contributed by atoms with Crippen molar-refractivity contribution < 1.29 is 4.79 Å². The average Bonchev–Trinajstić information content (AvgIpc) is 3.02. The molecule has 2 heterocycles. The van der Waals surface area contributed by atoms with Gasteiger partial charge in [-0.3, -0.25) is 4.79 Å². The van der Waals surface area contributed by atoms with E-state index in [4.69, 9.17) is 0 Å². The molecule has 0 spiro atoms. The molecule has 2 saturated heterocycles. The van der Waals surface area contributed by atoms with E-state index in [2.05, 4.69) is 28.5 Å². The van der Waals surface area contributed by atoms with Crippen LogP contribution in [-0.4, -0.2) is 31.6 Å². The van der Waals surface area contributed by atoms with Crippen LogP contribution in [0, 0.1) is 5.92 Å². The molecule has 1 aromatic carbocycles. The summed E-state index contributed by atoms with van der Waals surface area (Å²) in [6.45, 7) is 5.27. The van der Waals surface area contributed by atoms with Crippen LogP contribution in [0.5, 0.6) is 0 Å². The number of carbonyl (C=O) groups is 1. The van der Waals surface area contributed by atoms with Crippen molar-refractivity contribution in [2.75, 3.05) is 29.9 Å². The third-order valence-electron chi connectivity index (χ3n) is 4.66. The lowest BCUT2D eigenvalue weighted by molar-refractivity contribution is -0.119. The Morgan fingerprint density at radius 3 is 2.76 bits per heavy atom. The van der Waals surface area contributed by atoms with E-state index in [0.29, 0.717) is 5.92 Å². The van der Waals surface area contributed by atoms with Gasteiger partial charge in [0, 0.05) is 13.1 Å². The molecule has 0 bridgehead atoms. The van der Waals surface area contributed by atoms with Crippen LogP contribution in [0.4, 0.5) is 11.4 Å². The van der Waals surface area contributed by atoms with Gasteiger partial charge in [-0.2, -0.15) is 0 Å². The van der Waals surface area contributed by atoms with Crippen LogP contribution in [0.1, 0.15) is 32.6 Å². The van der Waals surface area contributed by atoms with Gasteiger partial charge in [0.15, 0.2) is 0 Å². The summed E-state index contributed by atoms with van der Waals surface area (Å²) in [5.74, 6) is 0.506. The summed E-state index contributed by atoms with van der Waals surface area (Å²) in [5, 5.41) is 6.50. The lowest BCUT2D eigenvalue weighted by atomic mass is 9.92. The fourth-order valence-corrected chi connectivity index (χ4v) is 3.42. The summed E-state index contributed by atoms with van der Waals surface area (Å²) in [7, 11) is 0. The Balaban J connectivity index is 1.73. The first kappa shape index (κ1) is 14.4. The van der Waals surface area contributed by atoms with Gasteiger partial charge in [-0.1, -0.05) is 19.1 Å². The number of nitrogens with zero attached hydrogens (tertiary/aromatic N) is 1. The third-order valence-corrected chi connectivity index (χ3v) is 4.66. The smallest absolute Gasteiger partial charge is 0.241 e. The molecule has 21 heavy (non-hydrogen) atoms. The number of amides is 1. The number of piperidine rings is 1. The molecule has 4 nitrogen and oxygen atoms in total. The highest BCUT2D eigenvalue weighted by atomic mass is 16.2. The van der Waals surface area contributed by atoms with E-state index in [9.17, 15) is 4.79 Å². The maximum Gasteiger partial charge on any atom is 0.241 e. The van der Waals surface area contributed by atoms with Crippen molar-refractivity contribution >= 4 is 17.3 Å². The highest BCUT2D eigenvalue weighted by Crippen LogP contribution is 2.29. The molecule has 4 heteroatoms. The Hall–Kier alpha value is -1.55. The molecule has 2 aliphatic heterocycles. The Labute approximate surface area is 126 Å². The number of hydrogen-bond donors (Lipinski definition) is 2. The maximum atomic E-state index is 12.6. The number of carbonyl (C=O) groups excluding carboxylic acids is 1. The predicted molar refractivity (Wildman–Crippen MR) is 86.7 cm³/mol. The van der Waals surface area contributed by atoms with Crippen molar-refractivity contribution in [2.24, 2.45) is 5.92 Å². The van der Waals surface area contributed by atoms with Gasteiger partial charge in [0.25, 0.3) is 0 Å². The van der Waals surface area contributed by atoms with Crippen molar-refractivity contribution in [2.45, 2.75) is 38.6 Å². The molecule has 0 aromatic heterocycles. The van der Waals surface area contributed by atoms with Crippen molar-refractivity contribution in [3.05, 3.63) is 24.3 Å². The highest BCUT2D eigenvalue weighted by molar-refractivity contribution is 5.98. The Morgan fingerprint density at radius 1 is 1.24 bits per heavy atom. The molecular formula is C17H25N3O. The third kappa shape index (κ3) is 3.21. The molecule has 1 aromatic rings. The summed E-state index contributed by atoms with van der Waals surface area (Å²) in [4.78, 5) is 14.9. The fraction of sp³-hybridized carbons (Fsp3) is 0.588. The van der Waals surface area contributed by atoms with Crippen LogP contribution in [0.25, 0.3) is 0 Å². The minimum atomic E-state index is -0.0645. The lowest BCUT2D eigenvalue weighted by Crippen LogP contribution is -2.48. The second kappa shape index (κ2) is 6.48. The van der Waals surface area contributed by atoms with Gasteiger partial charge in [0.05, 0.1) is 17.4 Å². The highest BCUT2D eigenvalue weighted by Gasteiger charge is 2.28. The van der Waals surface area contributed by atoms with Crippen LogP contribution in [0.15, 0.2) is 24.3 Å². The summed E-state index contributed by atoms with van der Waals surface area (Å²) in [6, 6.07) is 8.10. The zero-order valence-corrected chi connectivity index (χ0v) is 12.8. The molecule has 1 amide bonds. The summed E-state index contributed by atoms with van der Waals surface area (Å²) in [5.41, 5.74) is 2.11. The maximum absolute atomic E-state index is 12.6.